The first-order valence-corrected chi connectivity index (χ1v) is 20.9. The molecule has 3 aromatic rings. The number of hydrogen-bond acceptors (Lipinski definition) is 16. The van der Waals surface area contributed by atoms with Crippen molar-refractivity contribution < 1.29 is 47.8 Å². The number of aromatic nitrogens is 2. The van der Waals surface area contributed by atoms with Crippen LogP contribution in [0.1, 0.15) is 31.9 Å². The Kier molecular flexibility index (Phi) is 15.7. The first-order chi connectivity index (χ1) is 27.8. The van der Waals surface area contributed by atoms with Crippen LogP contribution in [0.25, 0.3) is 0 Å². The molecule has 58 heavy (non-hydrogen) atoms. The van der Waals surface area contributed by atoms with Crippen molar-refractivity contribution in [1.29, 1.82) is 0 Å². The molecule has 0 radical (unpaired) electrons. The topological polar surface area (TPSA) is 255 Å². The molecule has 2 aromatic carbocycles. The Morgan fingerprint density at radius 2 is 1.52 bits per heavy atom. The van der Waals surface area contributed by atoms with Gasteiger partial charge in [-0.05, 0) is 43.7 Å². The minimum Gasteiger partial charge on any atom is -0.465 e. The fourth-order valence-corrected chi connectivity index (χ4v) is 8.70. The van der Waals surface area contributed by atoms with Crippen molar-refractivity contribution in [3.05, 3.63) is 71.8 Å². The molecule has 1 saturated carbocycles. The summed E-state index contributed by atoms with van der Waals surface area (Å²) in [6, 6.07) is 15.7. The smallest absolute Gasteiger partial charge is 0.342 e. The van der Waals surface area contributed by atoms with Gasteiger partial charge in [0.2, 0.25) is 5.95 Å². The predicted molar refractivity (Wildman–Crippen MR) is 217 cm³/mol. The summed E-state index contributed by atoms with van der Waals surface area (Å²) >= 11 is 0. The van der Waals surface area contributed by atoms with E-state index in [0.717, 1.165) is 11.1 Å². The van der Waals surface area contributed by atoms with E-state index in [1.54, 1.807) is 69.3 Å². The first kappa shape index (κ1) is 44.6. The largest absolute Gasteiger partial charge is 0.465 e. The number of nitrogens with two attached hydrogens (primary N) is 2. The number of carbonyl (C=O) groups excluding carboxylic acids is 2. The second-order valence-corrected chi connectivity index (χ2v) is 15.9. The summed E-state index contributed by atoms with van der Waals surface area (Å²) in [4.78, 5) is 41.6. The highest BCUT2D eigenvalue weighted by Gasteiger charge is 2.66. The van der Waals surface area contributed by atoms with Gasteiger partial charge in [-0.15, -0.1) is 0 Å². The Morgan fingerprint density at radius 1 is 0.983 bits per heavy atom. The third-order valence-electron chi connectivity index (χ3n) is 10.2. The standard InChI is InChI=1S/C39H55N8O10P/c1-5-55-36(49)29(21-26-13-9-7-10-14-26)45-58(52,46-30(37(50)56-6-2)22-27-15-11-8-12-16-27)57-24-31(53-4)33(48)39(51)25(3)28(39)23-42-32-34(40)43-38(41)44-35(32)47-17-19-54-20-18-47/h7-16,23,25,28-31,33,48,51H,5-6,17-22,24H2,1-4H3,(H2,45,46,52)(H4,40,41,43,44)/t25?,28?,29-,30-,31?,33?,39?/m0/s1. The molecule has 18 nitrogen and oxygen atoms in total. The van der Waals surface area contributed by atoms with Crippen LogP contribution in [-0.4, -0.2) is 121 Å². The number of aliphatic hydroxyl groups excluding tert-OH is 1. The summed E-state index contributed by atoms with van der Waals surface area (Å²) in [6.07, 6.45) is -1.26. The molecule has 2 heterocycles. The lowest BCUT2D eigenvalue weighted by Crippen LogP contribution is -2.48. The maximum Gasteiger partial charge on any atom is 0.342 e. The van der Waals surface area contributed by atoms with E-state index in [4.69, 9.17) is 34.9 Å². The molecular weight excluding hydrogens is 771 g/mol. The molecule has 2 fully saturated rings. The molecule has 316 valence electrons. The molecule has 5 rings (SSSR count). The van der Waals surface area contributed by atoms with E-state index >= 15 is 4.57 Å². The minimum atomic E-state index is -4.46. The molecule has 19 heteroatoms. The summed E-state index contributed by atoms with van der Waals surface area (Å²) in [5.74, 6) is -2.17. The Labute approximate surface area is 338 Å². The van der Waals surface area contributed by atoms with Crippen LogP contribution in [0.5, 0.6) is 0 Å². The molecule has 0 amide bonds. The van der Waals surface area contributed by atoms with Crippen molar-refractivity contribution in [2.24, 2.45) is 16.8 Å². The van der Waals surface area contributed by atoms with Crippen LogP contribution >= 0.6 is 7.67 Å². The Morgan fingerprint density at radius 3 is 2.02 bits per heavy atom. The van der Waals surface area contributed by atoms with Gasteiger partial charge in [-0.3, -0.25) is 19.1 Å². The number of rotatable bonds is 21. The molecule has 0 bridgehead atoms. The highest BCUT2D eigenvalue weighted by molar-refractivity contribution is 7.54. The number of morpholine rings is 1. The average Bonchev–Trinajstić information content (AvgIpc) is 3.76. The van der Waals surface area contributed by atoms with Gasteiger partial charge >= 0.3 is 19.6 Å². The van der Waals surface area contributed by atoms with Gasteiger partial charge in [0, 0.05) is 32.3 Å². The van der Waals surface area contributed by atoms with Gasteiger partial charge in [0.1, 0.15) is 35.6 Å². The van der Waals surface area contributed by atoms with Crippen molar-refractivity contribution in [1.82, 2.24) is 20.1 Å². The van der Waals surface area contributed by atoms with Crippen LogP contribution in [0.15, 0.2) is 65.7 Å². The molecule has 1 aliphatic heterocycles. The number of ether oxygens (including phenoxy) is 4. The van der Waals surface area contributed by atoms with Gasteiger partial charge in [0.25, 0.3) is 0 Å². The van der Waals surface area contributed by atoms with E-state index in [0.29, 0.717) is 32.1 Å². The second-order valence-electron chi connectivity index (χ2n) is 14.0. The number of nitrogen functional groups attached to an aromatic ring is 2. The van der Waals surface area contributed by atoms with Crippen LogP contribution in [0.3, 0.4) is 0 Å². The SMILES string of the molecule is CCOC(=O)[C@H](Cc1ccccc1)NP(=O)(N[C@@H](Cc1ccccc1)C(=O)OCC)OCC(OC)C(O)C1(O)C(C)C1C=Nc1c(N)nc(N)nc1N1CCOCC1. The summed E-state index contributed by atoms with van der Waals surface area (Å²) in [6.45, 7) is 6.59. The molecule has 8 N–H and O–H groups in total. The number of aliphatic hydroxyl groups is 2. The third-order valence-corrected chi connectivity index (χ3v) is 12.0. The highest BCUT2D eigenvalue weighted by atomic mass is 31.2. The lowest BCUT2D eigenvalue weighted by Gasteiger charge is -2.31. The molecule has 1 saturated heterocycles. The van der Waals surface area contributed by atoms with E-state index in [2.05, 4.69) is 25.1 Å². The van der Waals surface area contributed by atoms with Crippen molar-refractivity contribution in [3.63, 3.8) is 0 Å². The Bertz CT molecular complexity index is 1820. The van der Waals surface area contributed by atoms with E-state index in [1.165, 1.54) is 13.3 Å². The van der Waals surface area contributed by atoms with Crippen LogP contribution in [-0.2, 0) is 50.5 Å². The minimum absolute atomic E-state index is 0.0175. The quantitative estimate of drug-likeness (QED) is 0.0511. The predicted octanol–water partition coefficient (Wildman–Crippen LogP) is 2.21. The van der Waals surface area contributed by atoms with Gasteiger partial charge in [0.05, 0.1) is 33.0 Å². The number of hydrogen-bond donors (Lipinski definition) is 6. The van der Waals surface area contributed by atoms with Gasteiger partial charge < -0.3 is 50.1 Å². The monoisotopic (exact) mass is 826 g/mol. The van der Waals surface area contributed by atoms with Gasteiger partial charge in [-0.1, -0.05) is 67.6 Å². The van der Waals surface area contributed by atoms with Crippen molar-refractivity contribution in [2.75, 3.05) is 69.6 Å². The van der Waals surface area contributed by atoms with E-state index in [1.807, 2.05) is 17.0 Å². The lowest BCUT2D eigenvalue weighted by atomic mass is 10.0. The van der Waals surface area contributed by atoms with Gasteiger partial charge in [0.15, 0.2) is 11.6 Å². The van der Waals surface area contributed by atoms with E-state index in [9.17, 15) is 19.8 Å². The Balaban J connectivity index is 1.40. The summed E-state index contributed by atoms with van der Waals surface area (Å²) < 4.78 is 42.9. The van der Waals surface area contributed by atoms with Gasteiger partial charge in [-0.25, -0.2) is 10.2 Å². The normalized spacial score (nSPS) is 21.6. The van der Waals surface area contributed by atoms with E-state index in [-0.39, 0.29) is 43.5 Å². The number of nitrogens with one attached hydrogen (secondary N) is 2. The molecule has 2 aliphatic rings. The third kappa shape index (κ3) is 11.1. The number of benzene rings is 2. The number of aliphatic imine (C=N–C) groups is 1. The summed E-state index contributed by atoms with van der Waals surface area (Å²) in [5.41, 5.74) is 12.1. The maximum atomic E-state index is 15.0. The van der Waals surface area contributed by atoms with Crippen molar-refractivity contribution in [2.45, 2.75) is 63.5 Å². The zero-order chi connectivity index (χ0) is 41.9. The number of anilines is 3. The lowest BCUT2D eigenvalue weighted by molar-refractivity contribution is -0.145. The van der Waals surface area contributed by atoms with Gasteiger partial charge in [-0.2, -0.15) is 9.97 Å². The fraction of sp³-hybridized carbons (Fsp3) is 0.513. The van der Waals surface area contributed by atoms with Crippen LogP contribution in [0.2, 0.25) is 0 Å². The number of nitrogens with zero attached hydrogens (tertiary/aromatic N) is 4. The summed E-state index contributed by atoms with van der Waals surface area (Å²) in [5, 5.41) is 29.2. The molecule has 1 aromatic heterocycles. The van der Waals surface area contributed by atoms with Crippen molar-refractivity contribution >= 4 is 49.1 Å². The zero-order valence-corrected chi connectivity index (χ0v) is 34.1. The van der Waals surface area contributed by atoms with Crippen molar-refractivity contribution in [3.8, 4) is 0 Å². The van der Waals surface area contributed by atoms with Crippen LogP contribution in [0, 0.1) is 11.8 Å². The Hall–Kier alpha value is -4.52. The number of esters is 2. The first-order valence-electron chi connectivity index (χ1n) is 19.3. The molecule has 1 aliphatic carbocycles. The maximum absolute atomic E-state index is 15.0. The molecule has 5 unspecified atom stereocenters. The zero-order valence-electron chi connectivity index (χ0n) is 33.2. The molecule has 0 spiro atoms. The van der Waals surface area contributed by atoms with Crippen LogP contribution in [0.4, 0.5) is 23.3 Å². The molecule has 7 atom stereocenters. The molecular formula is C39H55N8O10P. The number of carbonyl (C=O) groups is 2. The average molecular weight is 827 g/mol. The van der Waals surface area contributed by atoms with E-state index < -0.39 is 67.9 Å². The number of methoxy groups -OCH3 is 1. The van der Waals surface area contributed by atoms with Crippen LogP contribution < -0.4 is 26.5 Å². The second kappa shape index (κ2) is 20.4. The fourth-order valence-electron chi connectivity index (χ4n) is 6.90. The summed E-state index contributed by atoms with van der Waals surface area (Å²) in [7, 11) is -3.16. The highest BCUT2D eigenvalue weighted by Crippen LogP contribution is 2.53.